The molecular weight excluding hydrogens is 446 g/mol. The van der Waals surface area contributed by atoms with E-state index >= 15 is 0 Å². The molecule has 9 heteroatoms. The average molecular weight is 470 g/mol. The first kappa shape index (κ1) is 22.8. The van der Waals surface area contributed by atoms with Crippen molar-refractivity contribution in [1.82, 2.24) is 15.0 Å². The van der Waals surface area contributed by atoms with Crippen molar-refractivity contribution in [3.63, 3.8) is 0 Å². The fourth-order valence-electron chi connectivity index (χ4n) is 3.98. The van der Waals surface area contributed by atoms with Gasteiger partial charge >= 0.3 is 5.97 Å². The number of methoxy groups -OCH3 is 2. The highest BCUT2D eigenvalue weighted by molar-refractivity contribution is 6.31. The predicted molar refractivity (Wildman–Crippen MR) is 122 cm³/mol. The molecule has 0 saturated carbocycles. The van der Waals surface area contributed by atoms with E-state index in [0.29, 0.717) is 48.3 Å². The van der Waals surface area contributed by atoms with E-state index < -0.39 is 6.04 Å². The zero-order valence-corrected chi connectivity index (χ0v) is 19.1. The lowest BCUT2D eigenvalue weighted by atomic mass is 10.0. The third-order valence-corrected chi connectivity index (χ3v) is 6.04. The molecule has 1 aliphatic rings. The summed E-state index contributed by atoms with van der Waals surface area (Å²) in [5.74, 6) is 0.473. The van der Waals surface area contributed by atoms with Crippen LogP contribution in [-0.4, -0.2) is 67.2 Å². The fraction of sp³-hybridized carbons (Fsp3) is 0.292. The van der Waals surface area contributed by atoms with Crippen LogP contribution in [-0.2, 0) is 9.53 Å². The summed E-state index contributed by atoms with van der Waals surface area (Å²) < 4.78 is 15.8. The van der Waals surface area contributed by atoms with Gasteiger partial charge in [0.05, 0.1) is 19.8 Å². The van der Waals surface area contributed by atoms with Crippen LogP contribution in [0, 0.1) is 0 Å². The number of aromatic nitrogens is 1. The van der Waals surface area contributed by atoms with Crippen molar-refractivity contribution in [3.05, 3.63) is 70.9 Å². The van der Waals surface area contributed by atoms with Crippen molar-refractivity contribution in [3.8, 4) is 17.1 Å². The molecule has 2 heterocycles. The van der Waals surface area contributed by atoms with E-state index in [1.165, 1.54) is 7.11 Å². The molecule has 1 amide bonds. The van der Waals surface area contributed by atoms with Crippen LogP contribution in [0.4, 0.5) is 0 Å². The molecule has 4 rings (SSSR count). The number of rotatable bonds is 6. The number of esters is 1. The van der Waals surface area contributed by atoms with Gasteiger partial charge < -0.3 is 18.9 Å². The van der Waals surface area contributed by atoms with E-state index in [-0.39, 0.29) is 17.6 Å². The number of ether oxygens (including phenoxy) is 2. The topological polar surface area (TPSA) is 85.1 Å². The first-order valence-electron chi connectivity index (χ1n) is 10.5. The molecule has 172 valence electrons. The molecule has 3 aromatic rings. The number of para-hydroxylation sites is 1. The molecule has 1 unspecified atom stereocenters. The lowest BCUT2D eigenvalue weighted by Gasteiger charge is -2.38. The van der Waals surface area contributed by atoms with E-state index in [1.807, 2.05) is 47.4 Å². The Bertz CT molecular complexity index is 1140. The summed E-state index contributed by atoms with van der Waals surface area (Å²) in [7, 11) is 2.93. The molecule has 0 N–H and O–H groups in total. The summed E-state index contributed by atoms with van der Waals surface area (Å²) in [6.45, 7) is 1.81. The van der Waals surface area contributed by atoms with Crippen molar-refractivity contribution >= 4 is 23.5 Å². The third-order valence-electron chi connectivity index (χ3n) is 5.69. The Balaban J connectivity index is 1.46. The highest BCUT2D eigenvalue weighted by Gasteiger charge is 2.34. The standard InChI is InChI=1S/C24H24ClN3O5/c1-31-20-10-6-4-8-17(20)21-15-19(26-33-21)23(29)28-13-11-27(12-14-28)22(24(30)32-2)16-7-3-5-9-18(16)25/h3-10,15,22H,11-14H2,1-2H3. The maximum atomic E-state index is 13.0. The molecule has 1 aliphatic heterocycles. The van der Waals surface area contributed by atoms with Crippen molar-refractivity contribution < 1.29 is 23.6 Å². The van der Waals surface area contributed by atoms with Gasteiger partial charge in [0.2, 0.25) is 0 Å². The van der Waals surface area contributed by atoms with Crippen LogP contribution in [0.2, 0.25) is 5.02 Å². The maximum absolute atomic E-state index is 13.0. The van der Waals surface area contributed by atoms with Gasteiger partial charge in [-0.2, -0.15) is 0 Å². The number of halogens is 1. The quantitative estimate of drug-likeness (QED) is 0.509. The Morgan fingerprint density at radius 2 is 1.73 bits per heavy atom. The van der Waals surface area contributed by atoms with E-state index in [1.54, 1.807) is 24.1 Å². The predicted octanol–water partition coefficient (Wildman–Crippen LogP) is 3.68. The number of nitrogens with zero attached hydrogens (tertiary/aromatic N) is 3. The Hall–Kier alpha value is -3.36. The molecule has 8 nitrogen and oxygen atoms in total. The number of amides is 1. The summed E-state index contributed by atoms with van der Waals surface area (Å²) in [4.78, 5) is 29.3. The Morgan fingerprint density at radius 1 is 1.03 bits per heavy atom. The molecule has 1 aromatic heterocycles. The van der Waals surface area contributed by atoms with Gasteiger partial charge in [0.25, 0.3) is 5.91 Å². The average Bonchev–Trinajstić information content (AvgIpc) is 3.35. The highest BCUT2D eigenvalue weighted by atomic mass is 35.5. The molecule has 1 atom stereocenters. The van der Waals surface area contributed by atoms with Gasteiger partial charge in [-0.3, -0.25) is 9.69 Å². The molecule has 33 heavy (non-hydrogen) atoms. The van der Waals surface area contributed by atoms with E-state index in [0.717, 1.165) is 5.56 Å². The van der Waals surface area contributed by atoms with Crippen LogP contribution < -0.4 is 4.74 Å². The molecule has 1 saturated heterocycles. The van der Waals surface area contributed by atoms with E-state index in [9.17, 15) is 9.59 Å². The number of carbonyl (C=O) groups excluding carboxylic acids is 2. The first-order chi connectivity index (χ1) is 16.0. The second-order valence-electron chi connectivity index (χ2n) is 7.55. The van der Waals surface area contributed by atoms with Crippen molar-refractivity contribution in [2.45, 2.75) is 6.04 Å². The number of hydrogen-bond acceptors (Lipinski definition) is 7. The second-order valence-corrected chi connectivity index (χ2v) is 7.96. The number of hydrogen-bond donors (Lipinski definition) is 0. The maximum Gasteiger partial charge on any atom is 0.327 e. The lowest BCUT2D eigenvalue weighted by molar-refractivity contribution is -0.148. The summed E-state index contributed by atoms with van der Waals surface area (Å²) in [5, 5.41) is 4.47. The SMILES string of the molecule is COC(=O)C(c1ccccc1Cl)N1CCN(C(=O)c2cc(-c3ccccc3OC)on2)CC1. The van der Waals surface area contributed by atoms with Gasteiger partial charge in [0.15, 0.2) is 11.5 Å². The Kier molecular flexibility index (Phi) is 6.96. The van der Waals surface area contributed by atoms with Gasteiger partial charge in [0, 0.05) is 37.3 Å². The van der Waals surface area contributed by atoms with Gasteiger partial charge in [-0.15, -0.1) is 0 Å². The van der Waals surface area contributed by atoms with Crippen LogP contribution in [0.15, 0.2) is 59.1 Å². The van der Waals surface area contributed by atoms with E-state index in [2.05, 4.69) is 5.16 Å². The zero-order chi connectivity index (χ0) is 23.4. The van der Waals surface area contributed by atoms with Crippen LogP contribution in [0.3, 0.4) is 0 Å². The van der Waals surface area contributed by atoms with Gasteiger partial charge in [-0.1, -0.05) is 47.1 Å². The Morgan fingerprint density at radius 3 is 2.42 bits per heavy atom. The normalized spacial score (nSPS) is 15.2. The fourth-order valence-corrected chi connectivity index (χ4v) is 4.22. The number of carbonyl (C=O) groups is 2. The number of benzene rings is 2. The lowest BCUT2D eigenvalue weighted by Crippen LogP contribution is -2.51. The molecule has 0 spiro atoms. The van der Waals surface area contributed by atoms with Crippen LogP contribution in [0.1, 0.15) is 22.1 Å². The summed E-state index contributed by atoms with van der Waals surface area (Å²) in [5.41, 5.74) is 1.63. The van der Waals surface area contributed by atoms with Crippen molar-refractivity contribution in [1.29, 1.82) is 0 Å². The second kappa shape index (κ2) is 10.1. The first-order valence-corrected chi connectivity index (χ1v) is 10.9. The van der Waals surface area contributed by atoms with Crippen molar-refractivity contribution in [2.75, 3.05) is 40.4 Å². The molecule has 1 fully saturated rings. The minimum atomic E-state index is -0.634. The van der Waals surface area contributed by atoms with Crippen molar-refractivity contribution in [2.24, 2.45) is 0 Å². The summed E-state index contributed by atoms with van der Waals surface area (Å²) in [6, 6.07) is 15.6. The minimum Gasteiger partial charge on any atom is -0.496 e. The number of piperazine rings is 1. The highest BCUT2D eigenvalue weighted by Crippen LogP contribution is 2.31. The molecule has 0 radical (unpaired) electrons. The smallest absolute Gasteiger partial charge is 0.327 e. The van der Waals surface area contributed by atoms with Crippen LogP contribution >= 0.6 is 11.6 Å². The molecule has 0 aliphatic carbocycles. The third kappa shape index (κ3) is 4.72. The minimum absolute atomic E-state index is 0.222. The summed E-state index contributed by atoms with van der Waals surface area (Å²) >= 11 is 6.35. The largest absolute Gasteiger partial charge is 0.496 e. The molecule has 2 aromatic carbocycles. The van der Waals surface area contributed by atoms with Gasteiger partial charge in [0.1, 0.15) is 11.8 Å². The molecule has 0 bridgehead atoms. The van der Waals surface area contributed by atoms with E-state index in [4.69, 9.17) is 25.6 Å². The Labute approximate surface area is 196 Å². The molecular formula is C24H24ClN3O5. The van der Waals surface area contributed by atoms with Crippen LogP contribution in [0.25, 0.3) is 11.3 Å². The zero-order valence-electron chi connectivity index (χ0n) is 18.4. The monoisotopic (exact) mass is 469 g/mol. The van der Waals surface area contributed by atoms with Gasteiger partial charge in [-0.05, 0) is 23.8 Å². The van der Waals surface area contributed by atoms with Crippen LogP contribution in [0.5, 0.6) is 5.75 Å². The van der Waals surface area contributed by atoms with Gasteiger partial charge in [-0.25, -0.2) is 4.79 Å². The summed E-state index contributed by atoms with van der Waals surface area (Å²) in [6.07, 6.45) is 0.